The van der Waals surface area contributed by atoms with E-state index in [0.717, 1.165) is 42.5 Å². The molecule has 33 nitrogen and oxygen atoms in total. The fraction of sp³-hybridized carbons (Fsp3) is 0.689. The normalized spacial score (nSPS) is 27.2. The number of Topliss-reactive ketones (excluding diaryl/α,β-unsaturated/α-hetero) is 3. The lowest BCUT2D eigenvalue weighted by Crippen LogP contribution is -2.61. The minimum absolute atomic E-state index is 0.00679. The molecular weight excluding hydrogens is 1590 g/mol. The summed E-state index contributed by atoms with van der Waals surface area (Å²) in [7, 11) is 4.65. The highest BCUT2D eigenvalue weighted by Gasteiger charge is 2.53. The van der Waals surface area contributed by atoms with E-state index in [4.69, 9.17) is 77.8 Å². The molecule has 682 valence electrons. The Balaban J connectivity index is 0.633. The van der Waals surface area contributed by atoms with Crippen LogP contribution in [0.2, 0.25) is 0 Å². The number of nitrogens with two attached hydrogens (primary N) is 2. The third kappa shape index (κ3) is 29.7. The number of ketones is 3. The van der Waals surface area contributed by atoms with E-state index in [-0.39, 0.29) is 91.3 Å². The molecule has 1 aliphatic carbocycles. The Bertz CT molecular complexity index is 4290. The molecule has 0 radical (unpaired) electrons. The van der Waals surface area contributed by atoms with E-state index >= 15 is 0 Å². The predicted octanol–water partition coefficient (Wildman–Crippen LogP) is 9.65. The second kappa shape index (κ2) is 49.7. The number of cyclic esters (lactones) is 1. The van der Waals surface area contributed by atoms with E-state index in [9.17, 15) is 39.0 Å². The van der Waals surface area contributed by atoms with Gasteiger partial charge < -0.3 is 93.2 Å². The summed E-state index contributed by atoms with van der Waals surface area (Å²) in [4.78, 5) is 99.0. The van der Waals surface area contributed by atoms with Crippen molar-refractivity contribution in [3.05, 3.63) is 84.0 Å². The van der Waals surface area contributed by atoms with Gasteiger partial charge in [-0.15, -0.1) is 5.10 Å². The molecule has 9 rings (SSSR count). The molecule has 4 aromatic heterocycles. The average molecular weight is 1720 g/mol. The molecule has 1 saturated carbocycles. The van der Waals surface area contributed by atoms with Crippen molar-refractivity contribution in [2.24, 2.45) is 40.9 Å². The molecule has 123 heavy (non-hydrogen) atoms. The Hall–Kier alpha value is -8.16. The Morgan fingerprint density at radius 2 is 1.48 bits per heavy atom. The summed E-state index contributed by atoms with van der Waals surface area (Å²) in [6.45, 7) is 24.0. The number of amides is 2. The quantitative estimate of drug-likeness (QED) is 0.0106. The zero-order chi connectivity index (χ0) is 88.6. The number of hydrogen-bond acceptors (Lipinski definition) is 29. The molecule has 4 aliphatic rings. The van der Waals surface area contributed by atoms with E-state index in [2.05, 4.69) is 44.4 Å². The molecule has 33 heteroatoms. The van der Waals surface area contributed by atoms with Crippen LogP contribution in [0, 0.1) is 40.9 Å². The molecule has 2 saturated heterocycles. The minimum Gasteiger partial charge on any atom is -0.460 e. The number of nitrogens with zero attached hydrogens (tertiary/aromatic N) is 9. The second-order valence-electron chi connectivity index (χ2n) is 34.2. The number of ether oxygens (including phenoxy) is 12. The molecule has 3 aliphatic heterocycles. The Labute approximate surface area is 723 Å². The van der Waals surface area contributed by atoms with Crippen LogP contribution in [0.3, 0.4) is 0 Å². The number of aryl methyl sites for hydroxylation is 1. The number of rotatable bonds is 39. The third-order valence-corrected chi connectivity index (χ3v) is 24.0. The number of carbonyl (C=O) groups excluding carboxylic acids is 6. The number of aliphatic hydroxyl groups excluding tert-OH is 1. The number of piperidine rings is 1. The van der Waals surface area contributed by atoms with Crippen molar-refractivity contribution in [1.29, 1.82) is 0 Å². The molecule has 1 unspecified atom stereocenters. The number of unbranched alkanes of at least 4 members (excludes halogenated alkanes) is 1. The number of carbonyl (C=O) groups is 6. The van der Waals surface area contributed by atoms with Crippen LogP contribution in [-0.4, -0.2) is 265 Å². The first-order valence-electron chi connectivity index (χ1n) is 44.0. The smallest absolute Gasteiger partial charge is 0.329 e. The first-order valence-corrected chi connectivity index (χ1v) is 44.0. The highest BCUT2D eigenvalue weighted by molar-refractivity contribution is 6.39. The number of aromatic nitrogens is 8. The van der Waals surface area contributed by atoms with Crippen LogP contribution in [0.4, 0.5) is 11.8 Å². The van der Waals surface area contributed by atoms with Crippen LogP contribution in [0.1, 0.15) is 171 Å². The van der Waals surface area contributed by atoms with Gasteiger partial charge in [0.05, 0.1) is 121 Å². The Kier molecular flexibility index (Phi) is 39.8. The zero-order valence-electron chi connectivity index (χ0n) is 74.3. The first kappa shape index (κ1) is 98.6. The van der Waals surface area contributed by atoms with E-state index in [1.165, 1.54) is 18.3 Å². The topological polar surface area (TPSA) is 421 Å². The van der Waals surface area contributed by atoms with Crippen LogP contribution < -0.4 is 16.8 Å². The molecule has 7 heterocycles. The number of benzene rings is 1. The molecule has 2 amide bonds. The van der Waals surface area contributed by atoms with Gasteiger partial charge in [0.1, 0.15) is 53.5 Å². The number of fused-ring (bicyclic) bond motifs is 5. The number of nitrogens with one attached hydrogen (secondary N) is 1. The third-order valence-electron chi connectivity index (χ3n) is 24.0. The van der Waals surface area contributed by atoms with Gasteiger partial charge in [-0.25, -0.2) is 24.1 Å². The SMILES string of the molecule is COC1C[C@@H]2CC[C@@H](C)[C@@](O)(O2)C(=O)C(=O)N2CCCC[C@H]2C(=O)O[C@H]([C@H](C)C[C@@H]2CC[C@@H](OCCC(C)(C)Cc3cn(CCOCCOCCOCCOCCOCCOCCC(=O)NCCCCn4nc(-c5ccc6oc(N)nc6c5)c5c(N)ncnc54)nn3)[C@H](OC)C2)CC(=O)[C@H](C)/C=C(\C)[C@@H](O)[C@@H](OC)C(=O)[C@H](C)C[C@H](C)/C=C/C=C/C=C/1C. The van der Waals surface area contributed by atoms with Gasteiger partial charge in [-0.3, -0.25) is 24.0 Å². The van der Waals surface area contributed by atoms with Gasteiger partial charge >= 0.3 is 5.97 Å². The lowest BCUT2D eigenvalue weighted by Gasteiger charge is -2.42. The fourth-order valence-electron chi connectivity index (χ4n) is 16.6. The van der Waals surface area contributed by atoms with Crippen molar-refractivity contribution < 1.29 is 100 Å². The van der Waals surface area contributed by atoms with Crippen LogP contribution in [0.25, 0.3) is 33.4 Å². The lowest BCUT2D eigenvalue weighted by molar-refractivity contribution is -0.265. The second-order valence-corrected chi connectivity index (χ2v) is 34.2. The number of hydrogen-bond donors (Lipinski definition) is 5. The highest BCUT2D eigenvalue weighted by atomic mass is 16.6. The summed E-state index contributed by atoms with van der Waals surface area (Å²) < 4.78 is 80.0. The highest BCUT2D eigenvalue weighted by Crippen LogP contribution is 2.40. The van der Waals surface area contributed by atoms with Gasteiger partial charge in [-0.1, -0.05) is 90.1 Å². The molecule has 5 aromatic rings. The largest absolute Gasteiger partial charge is 0.460 e. The summed E-state index contributed by atoms with van der Waals surface area (Å²) in [6, 6.07) is 4.40. The molecule has 15 atom stereocenters. The van der Waals surface area contributed by atoms with Crippen LogP contribution in [0.15, 0.2) is 82.7 Å². The van der Waals surface area contributed by atoms with Crippen molar-refractivity contribution in [3.8, 4) is 11.3 Å². The van der Waals surface area contributed by atoms with Crippen LogP contribution in [0.5, 0.6) is 0 Å². The van der Waals surface area contributed by atoms with E-state index in [1.54, 1.807) is 56.5 Å². The molecule has 3 fully saturated rings. The number of methoxy groups -OCH3 is 3. The molecule has 7 N–H and O–H groups in total. The van der Waals surface area contributed by atoms with Crippen molar-refractivity contribution >= 4 is 69.1 Å². The summed E-state index contributed by atoms with van der Waals surface area (Å²) in [5, 5.41) is 41.1. The maximum Gasteiger partial charge on any atom is 0.329 e. The van der Waals surface area contributed by atoms with Crippen molar-refractivity contribution in [3.63, 3.8) is 0 Å². The van der Waals surface area contributed by atoms with Gasteiger partial charge in [-0.2, -0.15) is 10.1 Å². The predicted molar refractivity (Wildman–Crippen MR) is 460 cm³/mol. The standard InChI is InChI=1S/C90H136N12O21/c1-58-20-14-13-15-21-59(2)74(111-10)53-68-26-23-64(7)90(110,123-68)83(107)86(108)101-32-18-16-22-70(101)87(109)121-75(54-71(103)60(3)49-63(6)81(106)82(113-12)80(105)62(5)48-58)61(4)50-65-24-27-73(76(51-65)112-11)120-36-30-89(8,9)55-67-56-100(99-97-67)34-37-115-39-41-117-43-45-119-47-46-118-44-42-116-40-38-114-35-29-77(104)93-31-17-19-33-102-85-78(84(91)94-57-95-85)79(98-102)66-25-28-72-69(52-66)96-88(92)122-72/h13-15,20-21,25,28,49,52,56-58,60-62,64-65,68,70,73-76,81-82,106,110H,16-19,22-24,26-27,29-48,50-51,53-55H2,1-12H3,(H2,92,96)(H,93,104)(H2,91,94,95)/b15-13+,20-14+,59-21+,63-49+/t58-,60-,61-,62-,64-,65+,68+,70+,73-,74?,75+,76-,81-,82+,90-/m1/s1. The summed E-state index contributed by atoms with van der Waals surface area (Å²) in [6.07, 6.45) is 18.2. The maximum atomic E-state index is 14.8. The number of allylic oxidation sites excluding steroid dienone is 6. The molecular formula is C90H136N12O21. The lowest BCUT2D eigenvalue weighted by atomic mass is 9.78. The number of nitrogen functional groups attached to an aromatic ring is 2. The number of oxazole rings is 1. The van der Waals surface area contributed by atoms with E-state index < -0.39 is 77.8 Å². The Morgan fingerprint density at radius 1 is 0.772 bits per heavy atom. The van der Waals surface area contributed by atoms with Gasteiger partial charge in [-0.05, 0) is 156 Å². The van der Waals surface area contributed by atoms with Crippen molar-refractivity contribution in [1.82, 2.24) is 49.9 Å². The van der Waals surface area contributed by atoms with E-state index in [1.807, 2.05) is 76.4 Å². The van der Waals surface area contributed by atoms with Crippen LogP contribution in [-0.2, 0) is 105 Å². The monoisotopic (exact) mass is 1720 g/mol. The number of anilines is 2. The van der Waals surface area contributed by atoms with Gasteiger partial charge in [0.25, 0.3) is 17.7 Å². The summed E-state index contributed by atoms with van der Waals surface area (Å²) >= 11 is 0. The molecule has 2 bridgehead atoms. The first-order chi connectivity index (χ1) is 59.1. The fourth-order valence-corrected chi connectivity index (χ4v) is 16.6. The average Bonchev–Trinajstić information content (AvgIpc) is 1.76. The van der Waals surface area contributed by atoms with Crippen molar-refractivity contribution in [2.45, 2.75) is 239 Å². The molecule has 0 spiro atoms. The number of aliphatic hydroxyl groups is 2. The van der Waals surface area contributed by atoms with Gasteiger partial charge in [0, 0.05) is 96.3 Å². The van der Waals surface area contributed by atoms with Gasteiger partial charge in [0.2, 0.25) is 11.7 Å². The number of esters is 1. The Morgan fingerprint density at radius 3 is 2.18 bits per heavy atom. The summed E-state index contributed by atoms with van der Waals surface area (Å²) in [5.41, 5.74) is 17.2. The maximum absolute atomic E-state index is 14.8. The van der Waals surface area contributed by atoms with Crippen LogP contribution >= 0.6 is 0 Å². The van der Waals surface area contributed by atoms with E-state index in [0.29, 0.717) is 202 Å². The minimum atomic E-state index is -2.47. The summed E-state index contributed by atoms with van der Waals surface area (Å²) in [5.74, 6) is -7.99. The zero-order valence-corrected chi connectivity index (χ0v) is 74.3. The molecule has 1 aromatic carbocycles. The van der Waals surface area contributed by atoms with Gasteiger partial charge in [0.15, 0.2) is 17.0 Å². The van der Waals surface area contributed by atoms with Crippen molar-refractivity contribution in [2.75, 3.05) is 132 Å².